The van der Waals surface area contributed by atoms with E-state index in [0.29, 0.717) is 60.1 Å². The van der Waals surface area contributed by atoms with Crippen LogP contribution in [-0.4, -0.2) is 187 Å². The molecular formula is C34H47Cl2F6N9O18P4S4. The number of phosphoric acid groups is 2. The molecule has 9 N–H and O–H groups in total. The van der Waals surface area contributed by atoms with Crippen LogP contribution in [0, 0.1) is 0 Å². The van der Waals surface area contributed by atoms with Gasteiger partial charge in [-0.05, 0) is 31.1 Å². The number of halogens is 8. The van der Waals surface area contributed by atoms with Crippen LogP contribution in [0.2, 0.25) is 0 Å². The molecule has 0 amide bonds. The van der Waals surface area contributed by atoms with Gasteiger partial charge in [0.05, 0.1) is 44.4 Å². The van der Waals surface area contributed by atoms with Crippen LogP contribution in [0.5, 0.6) is 0 Å². The molecule has 12 atom stereocenters. The highest BCUT2D eigenvalue weighted by atomic mass is 35.5. The topological polar surface area (TPSA) is 385 Å². The molecule has 0 bridgehead atoms. The number of thioether (sulfide) groups is 4. The Morgan fingerprint density at radius 1 is 0.662 bits per heavy atom. The summed E-state index contributed by atoms with van der Waals surface area (Å²) in [6.45, 7) is -2.22. The molecule has 2 fully saturated rings. The van der Waals surface area contributed by atoms with Crippen molar-refractivity contribution in [1.82, 2.24) is 39.0 Å². The number of alkyl halides is 8. The summed E-state index contributed by atoms with van der Waals surface area (Å²) in [6, 6.07) is 0. The zero-order valence-electron chi connectivity index (χ0n) is 39.2. The van der Waals surface area contributed by atoms with Crippen molar-refractivity contribution in [2.24, 2.45) is 0 Å². The number of aryl methyl sites for hydroxylation is 1. The third kappa shape index (κ3) is 16.6. The highest BCUT2D eigenvalue weighted by molar-refractivity contribution is 7.99. The second kappa shape index (κ2) is 26.2. The van der Waals surface area contributed by atoms with Gasteiger partial charge in [-0.1, -0.05) is 46.7 Å². The third-order valence-corrected chi connectivity index (χ3v) is 23.4. The molecule has 2 aliphatic heterocycles. The fourth-order valence-corrected chi connectivity index (χ4v) is 16.5. The van der Waals surface area contributed by atoms with Gasteiger partial charge in [-0.15, -0.1) is 0 Å². The summed E-state index contributed by atoms with van der Waals surface area (Å²) in [6.07, 6.45) is -19.2. The van der Waals surface area contributed by atoms with Crippen molar-refractivity contribution in [3.8, 4) is 0 Å². The number of rotatable bonds is 28. The average Bonchev–Trinajstić information content (AvgIpc) is 4.07. The maximum absolute atomic E-state index is 13.3. The van der Waals surface area contributed by atoms with Crippen LogP contribution in [0.4, 0.5) is 32.2 Å². The predicted molar refractivity (Wildman–Crippen MR) is 267 cm³/mol. The second-order valence-electron chi connectivity index (χ2n) is 16.2. The van der Waals surface area contributed by atoms with Gasteiger partial charge >= 0.3 is 47.0 Å². The van der Waals surface area contributed by atoms with Crippen molar-refractivity contribution < 1.29 is 112 Å². The number of aromatic nitrogens is 8. The predicted octanol–water partition coefficient (Wildman–Crippen LogP) is 5.79. The van der Waals surface area contributed by atoms with Gasteiger partial charge in [-0.3, -0.25) is 27.3 Å². The summed E-state index contributed by atoms with van der Waals surface area (Å²) < 4.78 is 157. The first-order chi connectivity index (χ1) is 35.7. The van der Waals surface area contributed by atoms with Gasteiger partial charge in [-0.25, -0.2) is 47.7 Å². The minimum atomic E-state index is -6.53. The number of hydrogen-bond donors (Lipinski definition) is 9. The first kappa shape index (κ1) is 65.0. The molecule has 4 aromatic heterocycles. The quantitative estimate of drug-likeness (QED) is 0.00811. The van der Waals surface area contributed by atoms with Crippen LogP contribution >= 0.6 is 101 Å². The van der Waals surface area contributed by atoms with E-state index >= 15 is 0 Å². The molecule has 436 valence electrons. The summed E-state index contributed by atoms with van der Waals surface area (Å²) in [4.78, 5) is 67.6. The van der Waals surface area contributed by atoms with Gasteiger partial charge < -0.3 is 54.8 Å². The number of imidazole rings is 2. The van der Waals surface area contributed by atoms with Crippen molar-refractivity contribution in [2.75, 3.05) is 60.6 Å². The van der Waals surface area contributed by atoms with Gasteiger partial charge in [0.2, 0.25) is 0 Å². The summed E-state index contributed by atoms with van der Waals surface area (Å²) >= 11 is 15.7. The minimum Gasteiger partial charge on any atom is -0.387 e. The molecule has 0 spiro atoms. The molecule has 6 rings (SSSR count). The fraction of sp³-hybridized carbons (Fsp3) is 0.706. The Hall–Kier alpha value is -1.18. The smallest absolute Gasteiger partial charge is 0.387 e. The van der Waals surface area contributed by atoms with Crippen LogP contribution in [-0.2, 0) is 51.8 Å². The number of phosphoric ester groups is 2. The van der Waals surface area contributed by atoms with Crippen molar-refractivity contribution in [3.05, 3.63) is 18.3 Å². The van der Waals surface area contributed by atoms with Crippen molar-refractivity contribution in [1.29, 1.82) is 0 Å². The fourth-order valence-electron chi connectivity index (χ4n) is 6.93. The molecule has 6 heterocycles. The lowest BCUT2D eigenvalue weighted by atomic mass is 10.1. The third-order valence-electron chi connectivity index (χ3n) is 10.6. The summed E-state index contributed by atoms with van der Waals surface area (Å²) in [5, 5.41) is 46.3. The number of ether oxygens (including phenoxy) is 2. The first-order valence-electron chi connectivity index (χ1n) is 21.7. The molecule has 4 aromatic rings. The number of nitrogens with zero attached hydrogens (tertiary/aromatic N) is 8. The Balaban J connectivity index is 1.08. The highest BCUT2D eigenvalue weighted by Gasteiger charge is 2.66. The number of aliphatic hydroxyl groups is 4. The van der Waals surface area contributed by atoms with Gasteiger partial charge in [-0.2, -0.15) is 49.9 Å². The highest BCUT2D eigenvalue weighted by Crippen LogP contribution is 2.83. The molecule has 0 saturated carbocycles. The Morgan fingerprint density at radius 3 is 1.56 bits per heavy atom. The molecule has 2 aliphatic rings. The number of nitrogens with one attached hydrogen (secondary N) is 1. The van der Waals surface area contributed by atoms with E-state index in [1.165, 1.54) is 23.5 Å². The van der Waals surface area contributed by atoms with Crippen LogP contribution < -0.4 is 5.32 Å². The largest absolute Gasteiger partial charge is 0.479 e. The number of anilines is 1. The Labute approximate surface area is 457 Å². The molecule has 0 aromatic carbocycles. The van der Waals surface area contributed by atoms with Crippen molar-refractivity contribution >= 4 is 129 Å². The first-order valence-corrected chi connectivity index (χ1v) is 33.4. The number of aliphatic hydroxyl groups excluding tert-OH is 4. The lowest BCUT2D eigenvalue weighted by molar-refractivity contribution is -0.130. The van der Waals surface area contributed by atoms with Crippen LogP contribution in [0.25, 0.3) is 22.3 Å². The van der Waals surface area contributed by atoms with E-state index in [1.54, 1.807) is 0 Å². The SMILES string of the molecule is CSCCCc1nc(SCCC(F)(F)F)nc2c1ncn2[C@@H]1O[C@H](COP(=O)(O)OP(=O)(O)C(Cl)(Cl)P(=O)(O)OP(=O)(O)OC[C@H]2O[C@@H](n3cnc4c(NCCSC)nc(SCCC(F)(F)F)nc43)[C@H](O)[C@@H]2O)[C@@H](O)[C@H]1O. The molecule has 77 heavy (non-hydrogen) atoms. The second-order valence-corrected chi connectivity index (χ2v) is 30.2. The molecule has 0 aliphatic carbocycles. The van der Waals surface area contributed by atoms with E-state index < -0.39 is 134 Å². The van der Waals surface area contributed by atoms with E-state index in [1.807, 2.05) is 12.5 Å². The Morgan fingerprint density at radius 2 is 1.10 bits per heavy atom. The van der Waals surface area contributed by atoms with Gasteiger partial charge in [0.1, 0.15) is 42.1 Å². The van der Waals surface area contributed by atoms with E-state index in [0.717, 1.165) is 21.8 Å². The normalized spacial score (nSPS) is 25.7. The summed E-state index contributed by atoms with van der Waals surface area (Å²) in [7, 11) is -25.2. The van der Waals surface area contributed by atoms with Gasteiger partial charge in [0, 0.05) is 23.8 Å². The Bertz CT molecular complexity index is 2710. The van der Waals surface area contributed by atoms with E-state index in [4.69, 9.17) is 32.7 Å². The number of fused-ring (bicyclic) bond motifs is 2. The average molecular weight is 1310 g/mol. The van der Waals surface area contributed by atoms with E-state index in [2.05, 4.69) is 52.9 Å². The van der Waals surface area contributed by atoms with Gasteiger partial charge in [0.25, 0.3) is 0 Å². The van der Waals surface area contributed by atoms with E-state index in [-0.39, 0.29) is 38.5 Å². The summed E-state index contributed by atoms with van der Waals surface area (Å²) in [5.41, 5.74) is 0.414. The lowest BCUT2D eigenvalue weighted by Gasteiger charge is -2.29. The molecule has 27 nitrogen and oxygen atoms in total. The molecule has 0 radical (unpaired) electrons. The molecule has 4 unspecified atom stereocenters. The van der Waals surface area contributed by atoms with Crippen LogP contribution in [0.3, 0.4) is 0 Å². The minimum absolute atomic E-state index is 0.0468. The van der Waals surface area contributed by atoms with Crippen molar-refractivity contribution in [2.45, 2.75) is 101 Å². The Kier molecular flexibility index (Phi) is 22.1. The summed E-state index contributed by atoms with van der Waals surface area (Å²) in [5.74, 6) is 0.437. The van der Waals surface area contributed by atoms with E-state index in [9.17, 15) is 84.6 Å². The zero-order valence-corrected chi connectivity index (χ0v) is 47.6. The zero-order chi connectivity index (χ0) is 57.1. The van der Waals surface area contributed by atoms with Crippen LogP contribution in [0.1, 0.15) is 37.4 Å². The molecule has 43 heteroatoms. The number of hydrogen-bond acceptors (Lipinski definition) is 25. The van der Waals surface area contributed by atoms with Crippen LogP contribution in [0.15, 0.2) is 23.0 Å². The monoisotopic (exact) mass is 1310 g/mol. The standard InChI is InChI=1S/C34H47Cl2F6N9O18P4S4/c1-74-8-3-4-16-19-26(48-30(46-16)76-9-5-32(37,38)39)50(14-44-19)28-23(54)21(52)17(66-28)12-64-72(60,61)68-70(56,57)34(35,36)71(58,59)69-73(62,63)65-13-18-22(53)24(55)29(67-18)51-15-45-20-25(43-7-11-75-2)47-31(49-27(20)51)77-10-6-33(40,41)42/h14-15,17-18,21-24,28-29,52-55H,3-13H2,1-2H3,(H,56,57)(H,58,59)(H,60,61)(H,62,63)(H,43,47,49)/t17-,18-,21-,22-,23-,24-,28-,29-/m1/s1. The molecular weight excluding hydrogens is 1260 g/mol. The van der Waals surface area contributed by atoms with Gasteiger partial charge in [0.15, 0.2) is 45.4 Å². The molecule has 2 saturated heterocycles. The maximum Gasteiger partial charge on any atom is 0.479 e. The van der Waals surface area contributed by atoms with Crippen molar-refractivity contribution in [3.63, 3.8) is 0 Å². The lowest BCUT2D eigenvalue weighted by Crippen LogP contribution is -2.33. The maximum atomic E-state index is 13.3.